The van der Waals surface area contributed by atoms with Crippen LogP contribution in [-0.2, 0) is 0 Å². The van der Waals surface area contributed by atoms with Crippen LogP contribution in [0.5, 0.6) is 0 Å². The molecule has 3 heteroatoms. The SMILES string of the molecule is CC1(C)CCC(c2cc(C3CCC(C)(C)NC(C)(C)C3)cc(C3CCC(C)(C)NC(C)(C)C3)c2)CC(C)(C)N1. The van der Waals surface area contributed by atoms with Gasteiger partial charge < -0.3 is 16.0 Å². The van der Waals surface area contributed by atoms with Gasteiger partial charge in [-0.3, -0.25) is 0 Å². The minimum absolute atomic E-state index is 0.136. The first-order valence-corrected chi connectivity index (χ1v) is 16.2. The quantitative estimate of drug-likeness (QED) is 0.360. The van der Waals surface area contributed by atoms with Gasteiger partial charge in [0.25, 0.3) is 0 Å². The van der Waals surface area contributed by atoms with Crippen LogP contribution >= 0.6 is 0 Å². The molecular weight excluding hydrogens is 474 g/mol. The first-order valence-electron chi connectivity index (χ1n) is 16.2. The summed E-state index contributed by atoms with van der Waals surface area (Å²) >= 11 is 0. The second-order valence-electron chi connectivity index (χ2n) is 17.9. The van der Waals surface area contributed by atoms with Crippen LogP contribution in [0, 0.1) is 0 Å². The van der Waals surface area contributed by atoms with Gasteiger partial charge in [-0.1, -0.05) is 18.2 Å². The Hall–Kier alpha value is -0.900. The van der Waals surface area contributed by atoms with E-state index in [-0.39, 0.29) is 33.2 Å². The average molecular weight is 538 g/mol. The number of rotatable bonds is 3. The van der Waals surface area contributed by atoms with E-state index in [9.17, 15) is 0 Å². The summed E-state index contributed by atoms with van der Waals surface area (Å²) in [6.07, 6.45) is 11.1. The summed E-state index contributed by atoms with van der Waals surface area (Å²) in [6.45, 7) is 28.9. The van der Waals surface area contributed by atoms with Crippen LogP contribution in [0.2, 0.25) is 0 Å². The molecule has 1 aromatic rings. The largest absolute Gasteiger partial charge is 0.307 e. The highest BCUT2D eigenvalue weighted by molar-refractivity contribution is 5.38. The highest BCUT2D eigenvalue weighted by atomic mass is 15.0. The van der Waals surface area contributed by atoms with Gasteiger partial charge >= 0.3 is 0 Å². The van der Waals surface area contributed by atoms with Gasteiger partial charge in [-0.25, -0.2) is 0 Å². The van der Waals surface area contributed by atoms with Crippen molar-refractivity contribution < 1.29 is 0 Å². The van der Waals surface area contributed by atoms with Crippen molar-refractivity contribution in [2.45, 2.75) is 192 Å². The molecule has 3 N–H and O–H groups in total. The molecule has 0 radical (unpaired) electrons. The van der Waals surface area contributed by atoms with Crippen LogP contribution in [0.1, 0.15) is 175 Å². The third kappa shape index (κ3) is 8.32. The van der Waals surface area contributed by atoms with Crippen LogP contribution in [0.4, 0.5) is 0 Å². The fraction of sp³-hybridized carbons (Fsp3) is 0.833. The highest BCUT2D eigenvalue weighted by Crippen LogP contribution is 2.44. The number of benzene rings is 1. The van der Waals surface area contributed by atoms with Gasteiger partial charge in [0, 0.05) is 33.2 Å². The molecular formula is C36H63N3. The van der Waals surface area contributed by atoms with Gasteiger partial charge in [0.05, 0.1) is 0 Å². The summed E-state index contributed by atoms with van der Waals surface area (Å²) in [5.74, 6) is 1.82. The summed E-state index contributed by atoms with van der Waals surface area (Å²) in [5.41, 5.74) is 5.79. The molecule has 3 saturated heterocycles. The van der Waals surface area contributed by atoms with E-state index < -0.39 is 0 Å². The first kappa shape index (κ1) is 31.0. The third-order valence-corrected chi connectivity index (χ3v) is 10.1. The molecule has 0 spiro atoms. The number of nitrogens with one attached hydrogen (secondary N) is 3. The molecule has 3 nitrogen and oxygen atoms in total. The van der Waals surface area contributed by atoms with Crippen molar-refractivity contribution in [1.29, 1.82) is 0 Å². The molecule has 4 rings (SSSR count). The molecule has 3 aliphatic rings. The Labute approximate surface area is 242 Å². The lowest BCUT2D eigenvalue weighted by Crippen LogP contribution is -2.50. The topological polar surface area (TPSA) is 36.1 Å². The monoisotopic (exact) mass is 538 g/mol. The molecule has 3 atom stereocenters. The van der Waals surface area contributed by atoms with Crippen LogP contribution in [0.25, 0.3) is 0 Å². The Kier molecular flexibility index (Phi) is 8.30. The van der Waals surface area contributed by atoms with Gasteiger partial charge in [-0.15, -0.1) is 0 Å². The predicted molar refractivity (Wildman–Crippen MR) is 170 cm³/mol. The maximum Gasteiger partial charge on any atom is 0.0135 e. The van der Waals surface area contributed by atoms with Crippen LogP contribution in [-0.4, -0.2) is 33.2 Å². The molecule has 0 aromatic heterocycles. The number of hydrogen-bond acceptors (Lipinski definition) is 3. The first-order chi connectivity index (χ1) is 17.6. The van der Waals surface area contributed by atoms with Crippen molar-refractivity contribution >= 4 is 0 Å². The van der Waals surface area contributed by atoms with Gasteiger partial charge in [0.15, 0.2) is 0 Å². The molecule has 0 bridgehead atoms. The zero-order valence-electron chi connectivity index (χ0n) is 27.8. The summed E-state index contributed by atoms with van der Waals surface area (Å²) in [4.78, 5) is 0. The van der Waals surface area contributed by atoms with Crippen molar-refractivity contribution in [3.05, 3.63) is 34.9 Å². The van der Waals surface area contributed by atoms with Crippen LogP contribution in [0.3, 0.4) is 0 Å². The van der Waals surface area contributed by atoms with E-state index in [1.54, 1.807) is 16.7 Å². The summed E-state index contributed by atoms with van der Waals surface area (Å²) in [7, 11) is 0. The third-order valence-electron chi connectivity index (χ3n) is 10.1. The maximum absolute atomic E-state index is 3.99. The standard InChI is InChI=1S/C36H63N3/c1-31(2)16-13-25(22-34(7,8)37-31)28-19-29(26-14-17-32(3,4)38-35(9,10)23-26)21-30(20-28)27-15-18-33(5,6)39-36(11,12)24-27/h19-21,25-27,37-39H,13-18,22-24H2,1-12H3. The molecule has 3 heterocycles. The Morgan fingerprint density at radius 2 is 0.641 bits per heavy atom. The van der Waals surface area contributed by atoms with Crippen molar-refractivity contribution in [3.63, 3.8) is 0 Å². The van der Waals surface area contributed by atoms with E-state index in [0.717, 1.165) is 0 Å². The van der Waals surface area contributed by atoms with E-state index in [1.807, 2.05) is 0 Å². The van der Waals surface area contributed by atoms with E-state index in [1.165, 1.54) is 57.8 Å². The Morgan fingerprint density at radius 3 is 0.872 bits per heavy atom. The van der Waals surface area contributed by atoms with Gasteiger partial charge in [0.2, 0.25) is 0 Å². The molecule has 3 aliphatic heterocycles. The second-order valence-corrected chi connectivity index (χ2v) is 17.9. The smallest absolute Gasteiger partial charge is 0.0135 e. The van der Waals surface area contributed by atoms with Gasteiger partial charge in [-0.05, 0) is 175 Å². The second kappa shape index (κ2) is 10.4. The van der Waals surface area contributed by atoms with Crippen molar-refractivity contribution in [2.75, 3.05) is 0 Å². The van der Waals surface area contributed by atoms with E-state index in [4.69, 9.17) is 0 Å². The fourth-order valence-corrected chi connectivity index (χ4v) is 9.11. The van der Waals surface area contributed by atoms with Crippen LogP contribution < -0.4 is 16.0 Å². The normalized spacial score (nSPS) is 33.4. The lowest BCUT2D eigenvalue weighted by Gasteiger charge is -2.35. The molecule has 39 heavy (non-hydrogen) atoms. The fourth-order valence-electron chi connectivity index (χ4n) is 9.11. The molecule has 0 amide bonds. The molecule has 0 aliphatic carbocycles. The zero-order chi connectivity index (χ0) is 29.1. The van der Waals surface area contributed by atoms with Crippen LogP contribution in [0.15, 0.2) is 18.2 Å². The van der Waals surface area contributed by atoms with E-state index >= 15 is 0 Å². The Balaban J connectivity index is 1.77. The van der Waals surface area contributed by atoms with E-state index in [2.05, 4.69) is 117 Å². The summed E-state index contributed by atoms with van der Waals surface area (Å²) < 4.78 is 0. The maximum atomic E-state index is 3.99. The predicted octanol–water partition coefficient (Wildman–Crippen LogP) is 8.93. The average Bonchev–Trinajstić information content (AvgIpc) is 2.99. The van der Waals surface area contributed by atoms with E-state index in [0.29, 0.717) is 17.8 Å². The lowest BCUT2D eigenvalue weighted by molar-refractivity contribution is 0.267. The zero-order valence-corrected chi connectivity index (χ0v) is 27.8. The molecule has 222 valence electrons. The van der Waals surface area contributed by atoms with Gasteiger partial charge in [0.1, 0.15) is 0 Å². The highest BCUT2D eigenvalue weighted by Gasteiger charge is 2.39. The van der Waals surface area contributed by atoms with Gasteiger partial charge in [-0.2, -0.15) is 0 Å². The van der Waals surface area contributed by atoms with Crippen molar-refractivity contribution in [1.82, 2.24) is 16.0 Å². The molecule has 1 aromatic carbocycles. The van der Waals surface area contributed by atoms with Crippen molar-refractivity contribution in [3.8, 4) is 0 Å². The lowest BCUT2D eigenvalue weighted by atomic mass is 9.76. The minimum Gasteiger partial charge on any atom is -0.307 e. The molecule has 3 unspecified atom stereocenters. The number of hydrogen-bond donors (Lipinski definition) is 3. The van der Waals surface area contributed by atoms with Crippen molar-refractivity contribution in [2.24, 2.45) is 0 Å². The Bertz CT molecular complexity index is 871. The summed E-state index contributed by atoms with van der Waals surface area (Å²) in [6, 6.07) is 7.98. The Morgan fingerprint density at radius 1 is 0.410 bits per heavy atom. The molecule has 0 saturated carbocycles. The molecule has 3 fully saturated rings. The minimum atomic E-state index is 0.136. The summed E-state index contributed by atoms with van der Waals surface area (Å²) in [5, 5.41) is 12.0.